The van der Waals surface area contributed by atoms with Crippen molar-refractivity contribution >= 4 is 23.9 Å². The van der Waals surface area contributed by atoms with E-state index in [9.17, 15) is 19.2 Å². The zero-order valence-electron chi connectivity index (χ0n) is 27.0. The number of hydrogen-bond acceptors (Lipinski definition) is 9. The van der Waals surface area contributed by atoms with Crippen molar-refractivity contribution in [2.75, 3.05) is 13.2 Å². The fraction of sp³-hybridized carbons (Fsp3) is 0.405. The van der Waals surface area contributed by atoms with Crippen LogP contribution in [-0.2, 0) is 14.3 Å². The van der Waals surface area contributed by atoms with Gasteiger partial charge in [-0.05, 0) is 92.6 Å². The van der Waals surface area contributed by atoms with Crippen LogP contribution in [0.2, 0.25) is 0 Å². The highest BCUT2D eigenvalue weighted by atomic mass is 16.6. The minimum absolute atomic E-state index is 0.187. The highest BCUT2D eigenvalue weighted by Crippen LogP contribution is 2.20. The molecule has 0 aliphatic carbocycles. The average molecular weight is 633 g/mol. The molecule has 3 aromatic carbocycles. The van der Waals surface area contributed by atoms with E-state index in [1.807, 2.05) is 6.92 Å². The van der Waals surface area contributed by atoms with Crippen LogP contribution in [0, 0.1) is 0 Å². The molecule has 0 fully saturated rings. The molecular weight excluding hydrogens is 588 g/mol. The fourth-order valence-electron chi connectivity index (χ4n) is 4.33. The van der Waals surface area contributed by atoms with Crippen molar-refractivity contribution in [3.8, 4) is 17.2 Å². The van der Waals surface area contributed by atoms with Crippen LogP contribution < -0.4 is 14.2 Å². The number of hydrogen-bond donors (Lipinski definition) is 0. The quantitative estimate of drug-likeness (QED) is 0.0734. The van der Waals surface area contributed by atoms with Crippen LogP contribution in [0.25, 0.3) is 0 Å². The van der Waals surface area contributed by atoms with Crippen LogP contribution in [0.4, 0.5) is 0 Å². The maximum absolute atomic E-state index is 12.6. The summed E-state index contributed by atoms with van der Waals surface area (Å²) in [5.41, 5.74) is 0.799. The standard InChI is InChI=1S/C37H44O9/c1-4-6-8-9-10-12-25-42-31-19-13-29(14-20-31)36(40)45-33-23-17-30(18-24-33)37(41)46-32-21-15-28(16-22-32)35(39)44-27(3)34(38)43-26-11-7-5-2/h13-24,27H,4-12,25-26H2,1-3H3/t27-/m0/s1. The lowest BCUT2D eigenvalue weighted by atomic mass is 10.1. The minimum Gasteiger partial charge on any atom is -0.494 e. The predicted molar refractivity (Wildman–Crippen MR) is 173 cm³/mol. The summed E-state index contributed by atoms with van der Waals surface area (Å²) >= 11 is 0. The van der Waals surface area contributed by atoms with E-state index >= 15 is 0 Å². The molecule has 0 aliphatic heterocycles. The molecule has 3 rings (SSSR count). The molecule has 0 aliphatic rings. The zero-order chi connectivity index (χ0) is 33.1. The molecule has 246 valence electrons. The first-order valence-electron chi connectivity index (χ1n) is 16.1. The Morgan fingerprint density at radius 1 is 0.522 bits per heavy atom. The van der Waals surface area contributed by atoms with Gasteiger partial charge in [-0.1, -0.05) is 58.8 Å². The Hall–Kier alpha value is -4.66. The molecule has 0 radical (unpaired) electrons. The first-order valence-corrected chi connectivity index (χ1v) is 16.1. The van der Waals surface area contributed by atoms with Crippen molar-refractivity contribution in [3.05, 3.63) is 89.5 Å². The normalized spacial score (nSPS) is 11.3. The number of carbonyl (C=O) groups is 4. The Balaban J connectivity index is 1.42. The predicted octanol–water partition coefficient (Wildman–Crippen LogP) is 8.14. The monoisotopic (exact) mass is 632 g/mol. The first kappa shape index (κ1) is 35.8. The van der Waals surface area contributed by atoms with Gasteiger partial charge in [0, 0.05) is 0 Å². The molecule has 0 aromatic heterocycles. The minimum atomic E-state index is -1.05. The van der Waals surface area contributed by atoms with Gasteiger partial charge in [-0.3, -0.25) is 0 Å². The third-order valence-electron chi connectivity index (χ3n) is 7.07. The fourth-order valence-corrected chi connectivity index (χ4v) is 4.33. The molecule has 9 heteroatoms. The summed E-state index contributed by atoms with van der Waals surface area (Å²) in [6.45, 7) is 6.62. The number of carbonyl (C=O) groups excluding carboxylic acids is 4. The summed E-state index contributed by atoms with van der Waals surface area (Å²) < 4.78 is 26.9. The second-order valence-corrected chi connectivity index (χ2v) is 10.9. The number of esters is 4. The lowest BCUT2D eigenvalue weighted by molar-refractivity contribution is -0.153. The van der Waals surface area contributed by atoms with Gasteiger partial charge in [0.05, 0.1) is 29.9 Å². The second-order valence-electron chi connectivity index (χ2n) is 10.9. The summed E-state index contributed by atoms with van der Waals surface area (Å²) in [6.07, 6.45) is 8.79. The van der Waals surface area contributed by atoms with Gasteiger partial charge in [0.2, 0.25) is 0 Å². The number of benzene rings is 3. The molecule has 3 aromatic rings. The summed E-state index contributed by atoms with van der Waals surface area (Å²) in [5, 5.41) is 0. The molecule has 1 atom stereocenters. The van der Waals surface area contributed by atoms with Crippen molar-refractivity contribution in [3.63, 3.8) is 0 Å². The molecule has 0 heterocycles. The van der Waals surface area contributed by atoms with Crippen LogP contribution in [0.5, 0.6) is 17.2 Å². The van der Waals surface area contributed by atoms with Crippen molar-refractivity contribution in [1.29, 1.82) is 0 Å². The molecule has 0 saturated carbocycles. The summed E-state index contributed by atoms with van der Waals surface area (Å²) in [4.78, 5) is 49.6. The Kier molecular flexibility index (Phi) is 15.3. The Morgan fingerprint density at radius 3 is 1.46 bits per heavy atom. The SMILES string of the molecule is CCCCCCCCOc1ccc(C(=O)Oc2ccc(C(=O)Oc3ccc(C(=O)O[C@@H](C)C(=O)OCCCCC)cc3)cc2)cc1. The zero-order valence-corrected chi connectivity index (χ0v) is 27.0. The van der Waals surface area contributed by atoms with E-state index in [2.05, 4.69) is 6.92 Å². The maximum atomic E-state index is 12.6. The summed E-state index contributed by atoms with van der Waals surface area (Å²) in [6, 6.07) is 18.5. The average Bonchev–Trinajstić information content (AvgIpc) is 3.07. The van der Waals surface area contributed by atoms with E-state index in [4.69, 9.17) is 23.7 Å². The van der Waals surface area contributed by atoms with Crippen LogP contribution in [-0.4, -0.2) is 43.2 Å². The van der Waals surface area contributed by atoms with E-state index in [0.717, 1.165) is 32.1 Å². The van der Waals surface area contributed by atoms with Crippen molar-refractivity contribution in [2.24, 2.45) is 0 Å². The van der Waals surface area contributed by atoms with E-state index < -0.39 is 30.0 Å². The van der Waals surface area contributed by atoms with E-state index in [-0.39, 0.29) is 29.2 Å². The van der Waals surface area contributed by atoms with Gasteiger partial charge in [0.1, 0.15) is 17.2 Å². The Labute approximate surface area is 271 Å². The number of rotatable bonds is 19. The first-order chi connectivity index (χ1) is 22.3. The molecule has 0 unspecified atom stereocenters. The second kappa shape index (κ2) is 19.7. The Bertz CT molecular complexity index is 1380. The lowest BCUT2D eigenvalue weighted by Crippen LogP contribution is -2.26. The third-order valence-corrected chi connectivity index (χ3v) is 7.07. The molecule has 0 amide bonds. The van der Waals surface area contributed by atoms with E-state index in [1.54, 1.807) is 24.3 Å². The Morgan fingerprint density at radius 2 is 0.935 bits per heavy atom. The summed E-state index contributed by atoms with van der Waals surface area (Å²) in [5.74, 6) is -1.29. The van der Waals surface area contributed by atoms with Crippen molar-refractivity contribution in [2.45, 2.75) is 84.7 Å². The molecule has 46 heavy (non-hydrogen) atoms. The molecule has 9 nitrogen and oxygen atoms in total. The molecule has 0 bridgehead atoms. The number of ether oxygens (including phenoxy) is 5. The number of unbranched alkanes of at least 4 members (excludes halogenated alkanes) is 7. The van der Waals surface area contributed by atoms with E-state index in [0.29, 0.717) is 17.9 Å². The van der Waals surface area contributed by atoms with Crippen LogP contribution in [0.1, 0.15) is 110 Å². The third kappa shape index (κ3) is 12.4. The van der Waals surface area contributed by atoms with Gasteiger partial charge in [-0.15, -0.1) is 0 Å². The van der Waals surface area contributed by atoms with Crippen LogP contribution in [0.3, 0.4) is 0 Å². The largest absolute Gasteiger partial charge is 0.494 e. The smallest absolute Gasteiger partial charge is 0.347 e. The van der Waals surface area contributed by atoms with Gasteiger partial charge in [-0.25, -0.2) is 19.2 Å². The van der Waals surface area contributed by atoms with Gasteiger partial charge in [0.15, 0.2) is 6.10 Å². The lowest BCUT2D eigenvalue weighted by Gasteiger charge is -2.13. The van der Waals surface area contributed by atoms with E-state index in [1.165, 1.54) is 81.1 Å². The summed E-state index contributed by atoms with van der Waals surface area (Å²) in [7, 11) is 0. The highest BCUT2D eigenvalue weighted by Gasteiger charge is 2.20. The topological polar surface area (TPSA) is 114 Å². The molecule has 0 saturated heterocycles. The van der Waals surface area contributed by atoms with Gasteiger partial charge in [0.25, 0.3) is 0 Å². The van der Waals surface area contributed by atoms with Gasteiger partial charge >= 0.3 is 23.9 Å². The molecule has 0 spiro atoms. The molecule has 0 N–H and O–H groups in total. The highest BCUT2D eigenvalue weighted by molar-refractivity contribution is 5.93. The maximum Gasteiger partial charge on any atom is 0.347 e. The van der Waals surface area contributed by atoms with Gasteiger partial charge < -0.3 is 23.7 Å². The van der Waals surface area contributed by atoms with Gasteiger partial charge in [-0.2, -0.15) is 0 Å². The van der Waals surface area contributed by atoms with Crippen molar-refractivity contribution < 1.29 is 42.9 Å². The van der Waals surface area contributed by atoms with Crippen molar-refractivity contribution in [1.82, 2.24) is 0 Å². The molecular formula is C37H44O9. The van der Waals surface area contributed by atoms with Crippen LogP contribution in [0.15, 0.2) is 72.8 Å². The van der Waals surface area contributed by atoms with Crippen LogP contribution >= 0.6 is 0 Å².